The quantitative estimate of drug-likeness (QED) is 0.923. The summed E-state index contributed by atoms with van der Waals surface area (Å²) in [5.41, 5.74) is 0.757. The first-order valence-corrected chi connectivity index (χ1v) is 6.88. The fourth-order valence-electron chi connectivity index (χ4n) is 1.73. The molecule has 0 unspecified atom stereocenters. The van der Waals surface area contributed by atoms with Crippen LogP contribution < -0.4 is 5.32 Å². The summed E-state index contributed by atoms with van der Waals surface area (Å²) in [6.07, 6.45) is 0. The maximum Gasteiger partial charge on any atom is 0.242 e. The summed E-state index contributed by atoms with van der Waals surface area (Å²) in [5.74, 6) is 0.0642. The van der Waals surface area contributed by atoms with Crippen molar-refractivity contribution in [3.8, 4) is 0 Å². The Kier molecular flexibility index (Phi) is 4.86. The molecule has 1 saturated heterocycles. The third kappa shape index (κ3) is 3.60. The largest absolute Gasteiger partial charge is 0.378 e. The first-order chi connectivity index (χ1) is 8.66. The molecule has 0 radical (unpaired) electrons. The lowest BCUT2D eigenvalue weighted by Gasteiger charge is -2.27. The van der Waals surface area contributed by atoms with Crippen LogP contribution in [-0.2, 0) is 9.53 Å². The van der Waals surface area contributed by atoms with Crippen LogP contribution in [-0.4, -0.2) is 43.7 Å². The summed E-state index contributed by atoms with van der Waals surface area (Å²) >= 11 is 9.41. The summed E-state index contributed by atoms with van der Waals surface area (Å²) in [6.45, 7) is 2.79. The lowest BCUT2D eigenvalue weighted by molar-refractivity contribution is -0.133. The molecule has 2 rings (SSSR count). The van der Waals surface area contributed by atoms with Crippen molar-refractivity contribution in [2.75, 3.05) is 38.2 Å². The van der Waals surface area contributed by atoms with Gasteiger partial charge in [-0.3, -0.25) is 4.79 Å². The van der Waals surface area contributed by atoms with Gasteiger partial charge in [0, 0.05) is 17.6 Å². The van der Waals surface area contributed by atoms with E-state index >= 15 is 0 Å². The highest BCUT2D eigenvalue weighted by Gasteiger charge is 2.16. The van der Waals surface area contributed by atoms with Gasteiger partial charge in [-0.25, -0.2) is 0 Å². The first kappa shape index (κ1) is 13.6. The highest BCUT2D eigenvalue weighted by atomic mass is 79.9. The minimum Gasteiger partial charge on any atom is -0.378 e. The molecule has 4 nitrogen and oxygen atoms in total. The lowest BCUT2D eigenvalue weighted by Crippen LogP contribution is -2.43. The predicted octanol–water partition coefficient (Wildman–Crippen LogP) is 2.37. The van der Waals surface area contributed by atoms with Gasteiger partial charge in [0.15, 0.2) is 0 Å². The number of hydrogen-bond donors (Lipinski definition) is 1. The van der Waals surface area contributed by atoms with Crippen molar-refractivity contribution in [1.29, 1.82) is 0 Å². The Morgan fingerprint density at radius 1 is 1.44 bits per heavy atom. The van der Waals surface area contributed by atoms with Gasteiger partial charge in [-0.1, -0.05) is 27.5 Å². The third-order valence-electron chi connectivity index (χ3n) is 2.72. The number of hydrogen-bond acceptors (Lipinski definition) is 3. The maximum atomic E-state index is 11.9. The van der Waals surface area contributed by atoms with E-state index in [1.54, 1.807) is 11.0 Å². The van der Waals surface area contributed by atoms with E-state index in [-0.39, 0.29) is 12.5 Å². The SMILES string of the molecule is O=C(CNc1cc(Br)ccc1Cl)N1CCOCC1. The zero-order valence-electron chi connectivity index (χ0n) is 9.79. The number of carbonyl (C=O) groups excluding carboxylic acids is 1. The van der Waals surface area contributed by atoms with Crippen molar-refractivity contribution in [2.45, 2.75) is 0 Å². The molecule has 6 heteroatoms. The number of nitrogens with one attached hydrogen (secondary N) is 1. The fourth-order valence-corrected chi connectivity index (χ4v) is 2.27. The number of carbonyl (C=O) groups is 1. The van der Waals surface area contributed by atoms with E-state index in [9.17, 15) is 4.79 Å². The number of morpholine rings is 1. The second-order valence-electron chi connectivity index (χ2n) is 3.97. The molecule has 1 aliphatic heterocycles. The van der Waals surface area contributed by atoms with Crippen molar-refractivity contribution in [3.63, 3.8) is 0 Å². The number of anilines is 1. The van der Waals surface area contributed by atoms with E-state index < -0.39 is 0 Å². The van der Waals surface area contributed by atoms with Crippen LogP contribution in [0.1, 0.15) is 0 Å². The van der Waals surface area contributed by atoms with Gasteiger partial charge in [0.2, 0.25) is 5.91 Å². The van der Waals surface area contributed by atoms with Crippen molar-refractivity contribution in [2.24, 2.45) is 0 Å². The topological polar surface area (TPSA) is 41.6 Å². The van der Waals surface area contributed by atoms with Gasteiger partial charge in [-0.05, 0) is 18.2 Å². The normalized spacial score (nSPS) is 15.6. The zero-order chi connectivity index (χ0) is 13.0. The summed E-state index contributed by atoms with van der Waals surface area (Å²) < 4.78 is 6.13. The number of nitrogens with zero attached hydrogens (tertiary/aromatic N) is 1. The van der Waals surface area contributed by atoms with Crippen LogP contribution in [0, 0.1) is 0 Å². The van der Waals surface area contributed by atoms with Gasteiger partial charge < -0.3 is 15.0 Å². The second kappa shape index (κ2) is 6.41. The van der Waals surface area contributed by atoms with Crippen molar-refractivity contribution in [1.82, 2.24) is 4.90 Å². The molecule has 1 fully saturated rings. The van der Waals surface area contributed by atoms with Crippen LogP contribution in [0.5, 0.6) is 0 Å². The molecular formula is C12H14BrClN2O2. The van der Waals surface area contributed by atoms with E-state index in [0.717, 1.165) is 10.2 Å². The van der Waals surface area contributed by atoms with Crippen LogP contribution in [0.2, 0.25) is 5.02 Å². The second-order valence-corrected chi connectivity index (χ2v) is 5.29. The Bertz CT molecular complexity index is 436. The highest BCUT2D eigenvalue weighted by Crippen LogP contribution is 2.25. The van der Waals surface area contributed by atoms with E-state index in [1.807, 2.05) is 12.1 Å². The van der Waals surface area contributed by atoms with Crippen molar-refractivity contribution < 1.29 is 9.53 Å². The number of rotatable bonds is 3. The van der Waals surface area contributed by atoms with Crippen molar-refractivity contribution in [3.05, 3.63) is 27.7 Å². The van der Waals surface area contributed by atoms with E-state index in [0.29, 0.717) is 31.3 Å². The molecule has 0 aromatic heterocycles. The molecule has 18 heavy (non-hydrogen) atoms. The van der Waals surface area contributed by atoms with Gasteiger partial charge in [-0.15, -0.1) is 0 Å². The molecular weight excluding hydrogens is 320 g/mol. The van der Waals surface area contributed by atoms with Crippen LogP contribution in [0.25, 0.3) is 0 Å². The molecule has 0 saturated carbocycles. The van der Waals surface area contributed by atoms with Gasteiger partial charge in [0.1, 0.15) is 0 Å². The summed E-state index contributed by atoms with van der Waals surface area (Å²) in [4.78, 5) is 13.7. The Morgan fingerprint density at radius 3 is 2.89 bits per heavy atom. The first-order valence-electron chi connectivity index (χ1n) is 5.71. The minimum atomic E-state index is 0.0642. The number of amides is 1. The number of ether oxygens (including phenoxy) is 1. The maximum absolute atomic E-state index is 11.9. The molecule has 1 aliphatic rings. The van der Waals surface area contributed by atoms with E-state index in [2.05, 4.69) is 21.2 Å². The summed E-state index contributed by atoms with van der Waals surface area (Å²) in [5, 5.41) is 3.66. The van der Waals surface area contributed by atoms with Crippen molar-refractivity contribution >= 4 is 39.1 Å². The van der Waals surface area contributed by atoms with E-state index in [4.69, 9.17) is 16.3 Å². The molecule has 1 amide bonds. The molecule has 1 N–H and O–H groups in total. The molecule has 1 aromatic carbocycles. The minimum absolute atomic E-state index is 0.0642. The molecule has 98 valence electrons. The van der Waals surface area contributed by atoms with Gasteiger partial charge in [-0.2, -0.15) is 0 Å². The van der Waals surface area contributed by atoms with Crippen LogP contribution in [0.3, 0.4) is 0 Å². The fraction of sp³-hybridized carbons (Fsp3) is 0.417. The Hall–Kier alpha value is -0.780. The average molecular weight is 334 g/mol. The zero-order valence-corrected chi connectivity index (χ0v) is 12.1. The lowest BCUT2D eigenvalue weighted by atomic mass is 10.3. The van der Waals surface area contributed by atoms with Crippen LogP contribution in [0.15, 0.2) is 22.7 Å². The Morgan fingerprint density at radius 2 is 2.17 bits per heavy atom. The van der Waals surface area contributed by atoms with Crippen LogP contribution in [0.4, 0.5) is 5.69 Å². The third-order valence-corrected chi connectivity index (χ3v) is 3.55. The smallest absolute Gasteiger partial charge is 0.242 e. The Labute approximate surface area is 119 Å². The number of halogens is 2. The molecule has 1 aromatic rings. The molecule has 0 atom stereocenters. The van der Waals surface area contributed by atoms with E-state index in [1.165, 1.54) is 0 Å². The summed E-state index contributed by atoms with van der Waals surface area (Å²) in [7, 11) is 0. The highest BCUT2D eigenvalue weighted by molar-refractivity contribution is 9.10. The monoisotopic (exact) mass is 332 g/mol. The molecule has 0 aliphatic carbocycles. The standard InChI is InChI=1S/C12H14BrClN2O2/c13-9-1-2-10(14)11(7-9)15-8-12(17)16-3-5-18-6-4-16/h1-2,7,15H,3-6,8H2. The summed E-state index contributed by atoms with van der Waals surface area (Å²) in [6, 6.07) is 5.50. The predicted molar refractivity (Wildman–Crippen MR) is 75.0 cm³/mol. The molecule has 0 spiro atoms. The molecule has 1 heterocycles. The van der Waals surface area contributed by atoms with Gasteiger partial charge in [0.05, 0.1) is 30.5 Å². The van der Waals surface area contributed by atoms with Gasteiger partial charge in [0.25, 0.3) is 0 Å². The van der Waals surface area contributed by atoms with Gasteiger partial charge >= 0.3 is 0 Å². The Balaban J connectivity index is 1.90. The average Bonchev–Trinajstić information content (AvgIpc) is 2.40. The number of benzene rings is 1. The van der Waals surface area contributed by atoms with Crippen LogP contribution >= 0.6 is 27.5 Å². The molecule has 0 bridgehead atoms.